The predicted molar refractivity (Wildman–Crippen MR) is 104 cm³/mol. The number of hydrogen-bond donors (Lipinski definition) is 2. The van der Waals surface area contributed by atoms with Gasteiger partial charge in [-0.1, -0.05) is 19.9 Å². The fraction of sp³-hybridized carbons (Fsp3) is 0.333. The average Bonchev–Trinajstić information content (AvgIpc) is 2.61. The molecule has 0 heterocycles. The number of ether oxygens (including phenoxy) is 1. The van der Waals surface area contributed by atoms with E-state index in [2.05, 4.69) is 24.5 Å². The lowest BCUT2D eigenvalue weighted by atomic mass is 10.1. The van der Waals surface area contributed by atoms with Gasteiger partial charge in [-0.15, -0.1) is 0 Å². The predicted octanol–water partition coefficient (Wildman–Crippen LogP) is 4.03. The molecule has 2 amide bonds. The third kappa shape index (κ3) is 5.34. The Morgan fingerprint density at radius 3 is 2.19 bits per heavy atom. The molecule has 0 saturated carbocycles. The van der Waals surface area contributed by atoms with Crippen molar-refractivity contribution in [3.05, 3.63) is 59.2 Å². The first-order valence-electron chi connectivity index (χ1n) is 8.75. The highest BCUT2D eigenvalue weighted by Gasteiger charge is 2.11. The van der Waals surface area contributed by atoms with Gasteiger partial charge in [-0.2, -0.15) is 0 Å². The van der Waals surface area contributed by atoms with Crippen LogP contribution in [0.1, 0.15) is 46.5 Å². The maximum Gasteiger partial charge on any atom is 0.255 e. The van der Waals surface area contributed by atoms with Gasteiger partial charge in [0.25, 0.3) is 11.8 Å². The van der Waals surface area contributed by atoms with Crippen molar-refractivity contribution < 1.29 is 14.3 Å². The summed E-state index contributed by atoms with van der Waals surface area (Å²) in [6.45, 7) is 6.82. The van der Waals surface area contributed by atoms with Crippen molar-refractivity contribution in [2.24, 2.45) is 5.92 Å². The second-order valence-corrected chi connectivity index (χ2v) is 6.67. The summed E-state index contributed by atoms with van der Waals surface area (Å²) in [5.41, 5.74) is 2.66. The molecule has 0 aliphatic carbocycles. The Hall–Kier alpha value is -2.82. The van der Waals surface area contributed by atoms with Crippen molar-refractivity contribution >= 4 is 17.5 Å². The number of nitrogens with one attached hydrogen (secondary N) is 2. The first kappa shape index (κ1) is 19.5. The van der Waals surface area contributed by atoms with Crippen LogP contribution in [0.15, 0.2) is 42.5 Å². The quantitative estimate of drug-likeness (QED) is 0.789. The molecule has 2 N–H and O–H groups in total. The Labute approximate surface area is 154 Å². The minimum Gasteiger partial charge on any atom is -0.495 e. The molecule has 5 nitrogen and oxygen atoms in total. The van der Waals surface area contributed by atoms with Crippen molar-refractivity contribution in [3.63, 3.8) is 0 Å². The number of aryl methyl sites for hydroxylation is 1. The van der Waals surface area contributed by atoms with E-state index < -0.39 is 0 Å². The summed E-state index contributed by atoms with van der Waals surface area (Å²) in [5.74, 6) is 0.767. The molecule has 0 unspecified atom stereocenters. The van der Waals surface area contributed by atoms with Gasteiger partial charge in [0.15, 0.2) is 0 Å². The Balaban J connectivity index is 2.02. The number of carbonyl (C=O) groups excluding carboxylic acids is 2. The average molecular weight is 354 g/mol. The Bertz CT molecular complexity index is 767. The van der Waals surface area contributed by atoms with Crippen molar-refractivity contribution in [3.8, 4) is 5.75 Å². The van der Waals surface area contributed by atoms with Gasteiger partial charge in [-0.3, -0.25) is 9.59 Å². The smallest absolute Gasteiger partial charge is 0.255 e. The minimum absolute atomic E-state index is 0.127. The normalized spacial score (nSPS) is 10.5. The number of amides is 2. The molecule has 0 aliphatic rings. The molecule has 26 heavy (non-hydrogen) atoms. The fourth-order valence-electron chi connectivity index (χ4n) is 2.46. The molecule has 5 heteroatoms. The summed E-state index contributed by atoms with van der Waals surface area (Å²) >= 11 is 0. The van der Waals surface area contributed by atoms with Crippen LogP contribution in [0.2, 0.25) is 0 Å². The Morgan fingerprint density at radius 1 is 1.00 bits per heavy atom. The maximum atomic E-state index is 12.5. The van der Waals surface area contributed by atoms with Gasteiger partial charge in [-0.05, 0) is 61.2 Å². The van der Waals surface area contributed by atoms with Crippen LogP contribution in [0.5, 0.6) is 5.75 Å². The van der Waals surface area contributed by atoms with Crippen molar-refractivity contribution in [1.82, 2.24) is 5.32 Å². The Kier molecular flexibility index (Phi) is 6.78. The van der Waals surface area contributed by atoms with E-state index >= 15 is 0 Å². The highest BCUT2D eigenvalue weighted by atomic mass is 16.5. The maximum absolute atomic E-state index is 12.5. The van der Waals surface area contributed by atoms with Crippen LogP contribution in [-0.2, 0) is 0 Å². The molecule has 2 aromatic rings. The standard InChI is InChI=1S/C21H26N2O3/c1-14(2)11-12-22-20(24)16-6-8-17(9-7-16)21(25)23-18-13-15(3)5-10-19(18)26-4/h5-10,13-14H,11-12H2,1-4H3,(H,22,24)(H,23,25). The molecule has 138 valence electrons. The number of hydrogen-bond acceptors (Lipinski definition) is 3. The molecule has 0 aromatic heterocycles. The summed E-state index contributed by atoms with van der Waals surface area (Å²) < 4.78 is 5.27. The molecular formula is C21H26N2O3. The molecule has 2 rings (SSSR count). The fourth-order valence-corrected chi connectivity index (χ4v) is 2.46. The molecule has 0 radical (unpaired) electrons. The summed E-state index contributed by atoms with van der Waals surface area (Å²) in [5, 5.41) is 5.73. The summed E-state index contributed by atoms with van der Waals surface area (Å²) in [7, 11) is 1.56. The van der Waals surface area contributed by atoms with Crippen LogP contribution >= 0.6 is 0 Å². The SMILES string of the molecule is COc1ccc(C)cc1NC(=O)c1ccc(C(=O)NCCC(C)C)cc1. The summed E-state index contributed by atoms with van der Waals surface area (Å²) in [6.07, 6.45) is 0.935. The molecule has 2 aromatic carbocycles. The van der Waals surface area contributed by atoms with E-state index in [-0.39, 0.29) is 11.8 Å². The largest absolute Gasteiger partial charge is 0.495 e. The second-order valence-electron chi connectivity index (χ2n) is 6.67. The van der Waals surface area contributed by atoms with E-state index in [1.165, 1.54) is 0 Å². The minimum atomic E-state index is -0.249. The van der Waals surface area contributed by atoms with E-state index in [1.54, 1.807) is 31.4 Å². The third-order valence-corrected chi connectivity index (χ3v) is 4.02. The van der Waals surface area contributed by atoms with Crippen LogP contribution in [0.4, 0.5) is 5.69 Å². The van der Waals surface area contributed by atoms with E-state index in [9.17, 15) is 9.59 Å². The van der Waals surface area contributed by atoms with Gasteiger partial charge in [0.2, 0.25) is 0 Å². The zero-order chi connectivity index (χ0) is 19.1. The lowest BCUT2D eigenvalue weighted by molar-refractivity contribution is 0.0950. The van der Waals surface area contributed by atoms with E-state index in [0.717, 1.165) is 12.0 Å². The molecule has 0 atom stereocenters. The van der Waals surface area contributed by atoms with Gasteiger partial charge >= 0.3 is 0 Å². The van der Waals surface area contributed by atoms with Crippen molar-refractivity contribution in [2.75, 3.05) is 19.0 Å². The molecule has 0 aliphatic heterocycles. The number of anilines is 1. The van der Waals surface area contributed by atoms with Gasteiger partial charge < -0.3 is 15.4 Å². The van der Waals surface area contributed by atoms with Gasteiger partial charge in [0.05, 0.1) is 12.8 Å². The number of carbonyl (C=O) groups is 2. The first-order chi connectivity index (χ1) is 12.4. The highest BCUT2D eigenvalue weighted by Crippen LogP contribution is 2.25. The molecule has 0 bridgehead atoms. The van der Waals surface area contributed by atoms with E-state index in [4.69, 9.17) is 4.74 Å². The molecule has 0 spiro atoms. The zero-order valence-electron chi connectivity index (χ0n) is 15.8. The van der Waals surface area contributed by atoms with Crippen molar-refractivity contribution in [1.29, 1.82) is 0 Å². The monoisotopic (exact) mass is 354 g/mol. The van der Waals surface area contributed by atoms with Gasteiger partial charge in [0, 0.05) is 17.7 Å². The second kappa shape index (κ2) is 9.04. The topological polar surface area (TPSA) is 67.4 Å². The lowest BCUT2D eigenvalue weighted by Crippen LogP contribution is -2.25. The number of benzene rings is 2. The van der Waals surface area contributed by atoms with Gasteiger partial charge in [-0.25, -0.2) is 0 Å². The number of methoxy groups -OCH3 is 1. The van der Waals surface area contributed by atoms with Gasteiger partial charge in [0.1, 0.15) is 5.75 Å². The summed E-state index contributed by atoms with van der Waals surface area (Å²) in [4.78, 5) is 24.5. The Morgan fingerprint density at radius 2 is 1.62 bits per heavy atom. The lowest BCUT2D eigenvalue weighted by Gasteiger charge is -2.11. The van der Waals surface area contributed by atoms with Crippen LogP contribution in [0, 0.1) is 12.8 Å². The third-order valence-electron chi connectivity index (χ3n) is 4.02. The molecule has 0 fully saturated rings. The summed E-state index contributed by atoms with van der Waals surface area (Å²) in [6, 6.07) is 12.2. The highest BCUT2D eigenvalue weighted by molar-refractivity contribution is 6.05. The first-order valence-corrected chi connectivity index (χ1v) is 8.75. The van der Waals surface area contributed by atoms with E-state index in [0.29, 0.717) is 35.0 Å². The van der Waals surface area contributed by atoms with Crippen LogP contribution in [0.3, 0.4) is 0 Å². The van der Waals surface area contributed by atoms with Crippen LogP contribution < -0.4 is 15.4 Å². The van der Waals surface area contributed by atoms with E-state index in [1.807, 2.05) is 25.1 Å². The van der Waals surface area contributed by atoms with Crippen LogP contribution in [-0.4, -0.2) is 25.5 Å². The van der Waals surface area contributed by atoms with Crippen LogP contribution in [0.25, 0.3) is 0 Å². The molecular weight excluding hydrogens is 328 g/mol. The zero-order valence-corrected chi connectivity index (χ0v) is 15.8. The van der Waals surface area contributed by atoms with Crippen molar-refractivity contribution in [2.45, 2.75) is 27.2 Å². The number of rotatable bonds is 7. The molecule has 0 saturated heterocycles.